The predicted octanol–water partition coefficient (Wildman–Crippen LogP) is 3.77. The Bertz CT molecular complexity index is 1170. The molecule has 1 saturated heterocycles. The topological polar surface area (TPSA) is 86.8 Å². The van der Waals surface area contributed by atoms with Crippen LogP contribution >= 0.6 is 0 Å². The average molecular weight is 498 g/mol. The SMILES string of the molecule is CCCN(CC(=O)Nc1ccc(F)c(F)c1F)C(=O)c1ccccc1S(=O)(=O)N1CCCCC1. The van der Waals surface area contributed by atoms with Gasteiger partial charge in [0.05, 0.1) is 16.1 Å². The Morgan fingerprint density at radius 3 is 2.35 bits per heavy atom. The first-order valence-corrected chi connectivity index (χ1v) is 12.4. The standard InChI is InChI=1S/C23H26F3N3O4S/c1-2-12-28(15-20(30)27-18-11-10-17(24)21(25)22(18)26)23(31)16-8-4-5-9-19(16)34(32,33)29-13-6-3-7-14-29/h4-5,8-11H,2-3,6-7,12-15H2,1H3,(H,27,30). The lowest BCUT2D eigenvalue weighted by Crippen LogP contribution is -2.40. The summed E-state index contributed by atoms with van der Waals surface area (Å²) >= 11 is 0. The van der Waals surface area contributed by atoms with Crippen LogP contribution in [0.25, 0.3) is 0 Å². The monoisotopic (exact) mass is 497 g/mol. The third-order valence-corrected chi connectivity index (χ3v) is 7.43. The van der Waals surface area contributed by atoms with Crippen LogP contribution in [0.5, 0.6) is 0 Å². The van der Waals surface area contributed by atoms with Crippen LogP contribution in [0, 0.1) is 17.5 Å². The molecule has 2 amide bonds. The molecule has 0 aromatic heterocycles. The summed E-state index contributed by atoms with van der Waals surface area (Å²) in [5.41, 5.74) is -0.644. The molecule has 1 fully saturated rings. The Balaban J connectivity index is 1.84. The zero-order valence-corrected chi connectivity index (χ0v) is 19.5. The maximum atomic E-state index is 13.9. The Labute approximate surface area is 196 Å². The number of anilines is 1. The molecule has 3 rings (SSSR count). The van der Waals surface area contributed by atoms with E-state index < -0.39 is 51.5 Å². The second-order valence-corrected chi connectivity index (χ2v) is 9.87. The molecule has 184 valence electrons. The molecule has 2 aromatic rings. The minimum Gasteiger partial charge on any atom is -0.329 e. The van der Waals surface area contributed by atoms with E-state index in [0.717, 1.165) is 30.2 Å². The van der Waals surface area contributed by atoms with Gasteiger partial charge in [-0.2, -0.15) is 4.31 Å². The highest BCUT2D eigenvalue weighted by Crippen LogP contribution is 2.25. The largest absolute Gasteiger partial charge is 0.329 e. The summed E-state index contributed by atoms with van der Waals surface area (Å²) in [6, 6.07) is 7.34. The van der Waals surface area contributed by atoms with Crippen molar-refractivity contribution in [2.75, 3.05) is 31.5 Å². The van der Waals surface area contributed by atoms with Crippen LogP contribution in [-0.2, 0) is 14.8 Å². The van der Waals surface area contributed by atoms with E-state index in [9.17, 15) is 31.2 Å². The van der Waals surface area contributed by atoms with Gasteiger partial charge in [-0.05, 0) is 43.5 Å². The molecule has 2 aromatic carbocycles. The molecule has 0 bridgehead atoms. The van der Waals surface area contributed by atoms with E-state index in [1.54, 1.807) is 6.92 Å². The number of carbonyl (C=O) groups excluding carboxylic acids is 2. The average Bonchev–Trinajstić information content (AvgIpc) is 2.84. The molecule has 1 aliphatic heterocycles. The van der Waals surface area contributed by atoms with E-state index in [1.165, 1.54) is 28.6 Å². The Hall–Kier alpha value is -2.92. The van der Waals surface area contributed by atoms with E-state index in [1.807, 2.05) is 0 Å². The van der Waals surface area contributed by atoms with Gasteiger partial charge in [-0.25, -0.2) is 21.6 Å². The molecule has 7 nitrogen and oxygen atoms in total. The first-order chi connectivity index (χ1) is 16.2. The number of hydrogen-bond acceptors (Lipinski definition) is 4. The van der Waals surface area contributed by atoms with E-state index in [2.05, 4.69) is 5.32 Å². The molecular weight excluding hydrogens is 471 g/mol. The van der Waals surface area contributed by atoms with Gasteiger partial charge in [-0.3, -0.25) is 9.59 Å². The first kappa shape index (κ1) is 25.7. The molecule has 1 aliphatic rings. The van der Waals surface area contributed by atoms with Gasteiger partial charge < -0.3 is 10.2 Å². The normalized spacial score (nSPS) is 14.6. The van der Waals surface area contributed by atoms with Crippen molar-refractivity contribution in [1.82, 2.24) is 9.21 Å². The van der Waals surface area contributed by atoms with Crippen molar-refractivity contribution >= 4 is 27.5 Å². The summed E-state index contributed by atoms with van der Waals surface area (Å²) in [6.07, 6.45) is 2.86. The van der Waals surface area contributed by atoms with Crippen molar-refractivity contribution in [3.63, 3.8) is 0 Å². The number of amides is 2. The van der Waals surface area contributed by atoms with Crippen molar-refractivity contribution in [2.45, 2.75) is 37.5 Å². The van der Waals surface area contributed by atoms with Gasteiger partial charge in [0.2, 0.25) is 15.9 Å². The molecular formula is C23H26F3N3O4S. The van der Waals surface area contributed by atoms with Crippen molar-refractivity contribution in [3.05, 3.63) is 59.4 Å². The third kappa shape index (κ3) is 5.58. The van der Waals surface area contributed by atoms with Crippen LogP contribution in [0.3, 0.4) is 0 Å². The minimum atomic E-state index is -3.92. The zero-order chi connectivity index (χ0) is 24.9. The Kier molecular flexibility index (Phi) is 8.32. The summed E-state index contributed by atoms with van der Waals surface area (Å²) in [5, 5.41) is 2.13. The smallest absolute Gasteiger partial charge is 0.255 e. The van der Waals surface area contributed by atoms with E-state index >= 15 is 0 Å². The summed E-state index contributed by atoms with van der Waals surface area (Å²) < 4.78 is 68.3. The van der Waals surface area contributed by atoms with Crippen LogP contribution in [0.4, 0.5) is 18.9 Å². The summed E-state index contributed by atoms with van der Waals surface area (Å²) in [6.45, 7) is 2.08. The fraction of sp³-hybridized carbons (Fsp3) is 0.391. The molecule has 0 aliphatic carbocycles. The summed E-state index contributed by atoms with van der Waals surface area (Å²) in [7, 11) is -3.92. The van der Waals surface area contributed by atoms with Gasteiger partial charge in [-0.1, -0.05) is 25.5 Å². The molecule has 0 atom stereocenters. The van der Waals surface area contributed by atoms with Crippen LogP contribution < -0.4 is 5.32 Å². The maximum Gasteiger partial charge on any atom is 0.255 e. The lowest BCUT2D eigenvalue weighted by Gasteiger charge is -2.28. The molecule has 11 heteroatoms. The summed E-state index contributed by atoms with van der Waals surface area (Å²) in [5.74, 6) is -6.21. The molecule has 0 saturated carbocycles. The number of benzene rings is 2. The van der Waals surface area contributed by atoms with Crippen LogP contribution in [-0.4, -0.2) is 55.6 Å². The van der Waals surface area contributed by atoms with Crippen molar-refractivity contribution in [2.24, 2.45) is 0 Å². The third-order valence-electron chi connectivity index (χ3n) is 5.47. The van der Waals surface area contributed by atoms with Gasteiger partial charge in [0.1, 0.15) is 6.54 Å². The summed E-state index contributed by atoms with van der Waals surface area (Å²) in [4.78, 5) is 26.8. The number of nitrogens with zero attached hydrogens (tertiary/aromatic N) is 2. The number of sulfonamides is 1. The second kappa shape index (κ2) is 11.0. The molecule has 1 N–H and O–H groups in total. The Morgan fingerprint density at radius 1 is 1.00 bits per heavy atom. The van der Waals surface area contributed by atoms with Gasteiger partial charge in [0.25, 0.3) is 5.91 Å². The highest BCUT2D eigenvalue weighted by atomic mass is 32.2. The van der Waals surface area contributed by atoms with Crippen LogP contribution in [0.15, 0.2) is 41.3 Å². The van der Waals surface area contributed by atoms with E-state index in [0.29, 0.717) is 25.6 Å². The zero-order valence-electron chi connectivity index (χ0n) is 18.7. The number of carbonyl (C=O) groups is 2. The van der Waals surface area contributed by atoms with Crippen LogP contribution in [0.1, 0.15) is 43.0 Å². The van der Waals surface area contributed by atoms with Crippen molar-refractivity contribution in [3.8, 4) is 0 Å². The van der Waals surface area contributed by atoms with Crippen LogP contribution in [0.2, 0.25) is 0 Å². The number of halogens is 3. The lowest BCUT2D eigenvalue weighted by atomic mass is 10.2. The Morgan fingerprint density at radius 2 is 1.68 bits per heavy atom. The van der Waals surface area contributed by atoms with Gasteiger partial charge in [0.15, 0.2) is 17.5 Å². The number of hydrogen-bond donors (Lipinski definition) is 1. The fourth-order valence-electron chi connectivity index (χ4n) is 3.79. The maximum absolute atomic E-state index is 13.9. The molecule has 34 heavy (non-hydrogen) atoms. The molecule has 0 radical (unpaired) electrons. The number of nitrogens with one attached hydrogen (secondary N) is 1. The fourth-order valence-corrected chi connectivity index (χ4v) is 5.49. The van der Waals surface area contributed by atoms with E-state index in [4.69, 9.17) is 0 Å². The van der Waals surface area contributed by atoms with Crippen molar-refractivity contribution in [1.29, 1.82) is 0 Å². The van der Waals surface area contributed by atoms with E-state index in [-0.39, 0.29) is 17.0 Å². The highest BCUT2D eigenvalue weighted by Gasteiger charge is 2.31. The molecule has 1 heterocycles. The number of rotatable bonds is 8. The van der Waals surface area contributed by atoms with Gasteiger partial charge in [-0.15, -0.1) is 0 Å². The number of piperidine rings is 1. The van der Waals surface area contributed by atoms with Gasteiger partial charge >= 0.3 is 0 Å². The lowest BCUT2D eigenvalue weighted by molar-refractivity contribution is -0.116. The highest BCUT2D eigenvalue weighted by molar-refractivity contribution is 7.89. The minimum absolute atomic E-state index is 0.0756. The predicted molar refractivity (Wildman–Crippen MR) is 120 cm³/mol. The second-order valence-electron chi connectivity index (χ2n) is 7.96. The van der Waals surface area contributed by atoms with Crippen molar-refractivity contribution < 1.29 is 31.2 Å². The molecule has 0 spiro atoms. The van der Waals surface area contributed by atoms with Gasteiger partial charge in [0, 0.05) is 19.6 Å². The quantitative estimate of drug-likeness (QED) is 0.563. The first-order valence-electron chi connectivity index (χ1n) is 11.0. The molecule has 0 unspecified atom stereocenters.